The van der Waals surface area contributed by atoms with Gasteiger partial charge in [-0.3, -0.25) is 0 Å². The smallest absolute Gasteiger partial charge is 0.113 e. The van der Waals surface area contributed by atoms with Crippen molar-refractivity contribution in [1.82, 2.24) is 10.3 Å². The highest BCUT2D eigenvalue weighted by Crippen LogP contribution is 2.28. The van der Waals surface area contributed by atoms with Gasteiger partial charge in [0.05, 0.1) is 24.9 Å². The first-order chi connectivity index (χ1) is 9.24. The Bertz CT molecular complexity index is 579. The van der Waals surface area contributed by atoms with E-state index in [0.29, 0.717) is 0 Å². The zero-order chi connectivity index (χ0) is 13.2. The van der Waals surface area contributed by atoms with Crippen molar-refractivity contribution in [3.8, 4) is 11.3 Å². The molecule has 5 heteroatoms. The molecule has 20 heavy (non-hydrogen) atoms. The number of rotatable bonds is 2. The summed E-state index contributed by atoms with van der Waals surface area (Å²) in [7, 11) is 0. The molecular formula is C15H19ClN2OS. The Morgan fingerprint density at radius 1 is 1.35 bits per heavy atom. The summed E-state index contributed by atoms with van der Waals surface area (Å²) in [4.78, 5) is 4.77. The predicted octanol–water partition coefficient (Wildman–Crippen LogP) is 3.51. The molecule has 1 aromatic carbocycles. The third kappa shape index (κ3) is 3.20. The monoisotopic (exact) mass is 310 g/mol. The fourth-order valence-corrected chi connectivity index (χ4v) is 3.28. The Hall–Kier alpha value is -0.940. The van der Waals surface area contributed by atoms with Crippen LogP contribution in [0.3, 0.4) is 0 Å². The normalized spacial score (nSPS) is 18.6. The van der Waals surface area contributed by atoms with E-state index in [1.807, 2.05) is 0 Å². The molecule has 1 unspecified atom stereocenters. The van der Waals surface area contributed by atoms with Crippen LogP contribution >= 0.6 is 23.7 Å². The van der Waals surface area contributed by atoms with Crippen molar-refractivity contribution < 1.29 is 4.74 Å². The lowest BCUT2D eigenvalue weighted by molar-refractivity contribution is 0.0768. The number of hydrogen-bond donors (Lipinski definition) is 1. The fourth-order valence-electron chi connectivity index (χ4n) is 2.40. The van der Waals surface area contributed by atoms with Gasteiger partial charge in [-0.1, -0.05) is 23.8 Å². The molecule has 108 valence electrons. The summed E-state index contributed by atoms with van der Waals surface area (Å²) in [6.07, 6.45) is 0. The first kappa shape index (κ1) is 15.4. The molecular weight excluding hydrogens is 292 g/mol. The van der Waals surface area contributed by atoms with Gasteiger partial charge in [0.2, 0.25) is 0 Å². The van der Waals surface area contributed by atoms with Gasteiger partial charge in [-0.25, -0.2) is 4.98 Å². The van der Waals surface area contributed by atoms with E-state index in [0.717, 1.165) is 30.5 Å². The van der Waals surface area contributed by atoms with E-state index in [2.05, 4.69) is 42.7 Å². The fraction of sp³-hybridized carbons (Fsp3) is 0.400. The zero-order valence-electron chi connectivity index (χ0n) is 11.7. The second-order valence-electron chi connectivity index (χ2n) is 4.97. The molecule has 0 spiro atoms. The van der Waals surface area contributed by atoms with E-state index in [1.54, 1.807) is 11.3 Å². The lowest BCUT2D eigenvalue weighted by atomic mass is 10.0. The second kappa shape index (κ2) is 6.68. The summed E-state index contributed by atoms with van der Waals surface area (Å²) >= 11 is 1.71. The average Bonchev–Trinajstić information content (AvgIpc) is 2.89. The third-order valence-electron chi connectivity index (χ3n) is 3.40. The lowest BCUT2D eigenvalue weighted by Crippen LogP contribution is -2.34. The van der Waals surface area contributed by atoms with E-state index in [4.69, 9.17) is 9.72 Å². The molecule has 2 aromatic rings. The largest absolute Gasteiger partial charge is 0.378 e. The highest BCUT2D eigenvalue weighted by molar-refractivity contribution is 7.10. The van der Waals surface area contributed by atoms with Crippen molar-refractivity contribution >= 4 is 23.7 Å². The summed E-state index contributed by atoms with van der Waals surface area (Å²) in [5.41, 5.74) is 4.87. The number of aryl methyl sites for hydroxylation is 2. The Labute approximate surface area is 129 Å². The van der Waals surface area contributed by atoms with Crippen molar-refractivity contribution in [1.29, 1.82) is 0 Å². The Balaban J connectivity index is 0.00000147. The van der Waals surface area contributed by atoms with Gasteiger partial charge in [0.25, 0.3) is 0 Å². The van der Waals surface area contributed by atoms with Crippen LogP contribution in [0, 0.1) is 13.8 Å². The molecule has 0 saturated carbocycles. The predicted molar refractivity (Wildman–Crippen MR) is 85.8 cm³/mol. The second-order valence-corrected chi connectivity index (χ2v) is 5.86. The Morgan fingerprint density at radius 3 is 2.90 bits per heavy atom. The maximum absolute atomic E-state index is 5.50. The summed E-state index contributed by atoms with van der Waals surface area (Å²) < 4.78 is 5.50. The summed E-state index contributed by atoms with van der Waals surface area (Å²) in [5, 5.41) is 6.71. The van der Waals surface area contributed by atoms with E-state index < -0.39 is 0 Å². The van der Waals surface area contributed by atoms with Crippen molar-refractivity contribution in [2.75, 3.05) is 19.8 Å². The van der Waals surface area contributed by atoms with Crippen LogP contribution in [0.2, 0.25) is 0 Å². The molecule has 1 aromatic heterocycles. The topological polar surface area (TPSA) is 34.1 Å². The molecule has 0 radical (unpaired) electrons. The van der Waals surface area contributed by atoms with Gasteiger partial charge < -0.3 is 10.1 Å². The van der Waals surface area contributed by atoms with Crippen LogP contribution in [-0.2, 0) is 4.74 Å². The molecule has 3 rings (SSSR count). The quantitative estimate of drug-likeness (QED) is 0.921. The van der Waals surface area contributed by atoms with Gasteiger partial charge in [-0.05, 0) is 19.4 Å². The van der Waals surface area contributed by atoms with Gasteiger partial charge in [-0.2, -0.15) is 0 Å². The molecule has 3 nitrogen and oxygen atoms in total. The van der Waals surface area contributed by atoms with E-state index in [9.17, 15) is 0 Å². The molecule has 0 amide bonds. The number of nitrogens with one attached hydrogen (secondary N) is 1. The average molecular weight is 311 g/mol. The molecule has 1 aliphatic rings. The van der Waals surface area contributed by atoms with E-state index in [1.165, 1.54) is 16.7 Å². The molecule has 0 bridgehead atoms. The standard InChI is InChI=1S/C15H18N2OS.ClH/c1-10-3-4-12(11(2)7-10)14-9-19-15(17-14)13-8-18-6-5-16-13;/h3-4,7,9,13,16H,5-6,8H2,1-2H3;1H. The number of morpholine rings is 1. The molecule has 1 N–H and O–H groups in total. The first-order valence-corrected chi connectivity index (χ1v) is 7.46. The third-order valence-corrected chi connectivity index (χ3v) is 4.36. The minimum atomic E-state index is 0. The van der Waals surface area contributed by atoms with Crippen LogP contribution in [0.15, 0.2) is 23.6 Å². The number of hydrogen-bond acceptors (Lipinski definition) is 4. The van der Waals surface area contributed by atoms with Gasteiger partial charge in [0, 0.05) is 17.5 Å². The number of benzene rings is 1. The molecule has 1 fully saturated rings. The van der Waals surface area contributed by atoms with Crippen molar-refractivity contribution in [3.63, 3.8) is 0 Å². The highest BCUT2D eigenvalue weighted by Gasteiger charge is 2.19. The van der Waals surface area contributed by atoms with Crippen LogP contribution < -0.4 is 5.32 Å². The minimum absolute atomic E-state index is 0. The van der Waals surface area contributed by atoms with E-state index >= 15 is 0 Å². The Morgan fingerprint density at radius 2 is 2.20 bits per heavy atom. The van der Waals surface area contributed by atoms with Gasteiger partial charge in [-0.15, -0.1) is 23.7 Å². The van der Waals surface area contributed by atoms with Crippen LogP contribution in [-0.4, -0.2) is 24.7 Å². The number of ether oxygens (including phenoxy) is 1. The Kier molecular flexibility index (Phi) is 5.16. The number of nitrogens with zero attached hydrogens (tertiary/aromatic N) is 1. The minimum Gasteiger partial charge on any atom is -0.378 e. The maximum atomic E-state index is 5.50. The molecule has 1 atom stereocenters. The van der Waals surface area contributed by atoms with Crippen LogP contribution in [0.1, 0.15) is 22.2 Å². The molecule has 2 heterocycles. The van der Waals surface area contributed by atoms with E-state index in [-0.39, 0.29) is 18.4 Å². The van der Waals surface area contributed by atoms with Crippen LogP contribution in [0.4, 0.5) is 0 Å². The molecule has 0 aliphatic carbocycles. The van der Waals surface area contributed by atoms with Crippen molar-refractivity contribution in [2.45, 2.75) is 19.9 Å². The highest BCUT2D eigenvalue weighted by atomic mass is 35.5. The summed E-state index contributed by atoms with van der Waals surface area (Å²) in [5.74, 6) is 0. The summed E-state index contributed by atoms with van der Waals surface area (Å²) in [6.45, 7) is 6.69. The lowest BCUT2D eigenvalue weighted by Gasteiger charge is -2.21. The van der Waals surface area contributed by atoms with Crippen LogP contribution in [0.5, 0.6) is 0 Å². The van der Waals surface area contributed by atoms with Gasteiger partial charge in [0.1, 0.15) is 5.01 Å². The van der Waals surface area contributed by atoms with Crippen LogP contribution in [0.25, 0.3) is 11.3 Å². The van der Waals surface area contributed by atoms with Gasteiger partial charge >= 0.3 is 0 Å². The summed E-state index contributed by atoms with van der Waals surface area (Å²) in [6, 6.07) is 6.76. The SMILES string of the molecule is Cc1ccc(-c2csc(C3COCCN3)n2)c(C)c1.Cl. The molecule has 1 saturated heterocycles. The molecule has 1 aliphatic heterocycles. The first-order valence-electron chi connectivity index (χ1n) is 6.58. The number of halogens is 1. The van der Waals surface area contributed by atoms with Crippen molar-refractivity contribution in [2.24, 2.45) is 0 Å². The van der Waals surface area contributed by atoms with Crippen molar-refractivity contribution in [3.05, 3.63) is 39.7 Å². The maximum Gasteiger partial charge on any atom is 0.113 e. The number of thiazole rings is 1. The zero-order valence-corrected chi connectivity index (χ0v) is 13.3. The number of aromatic nitrogens is 1. The van der Waals surface area contributed by atoms with Gasteiger partial charge in [0.15, 0.2) is 0 Å².